The van der Waals surface area contributed by atoms with Gasteiger partial charge in [-0.15, -0.1) is 0 Å². The first-order valence-corrected chi connectivity index (χ1v) is 6.56. The van der Waals surface area contributed by atoms with Gasteiger partial charge < -0.3 is 4.90 Å². The van der Waals surface area contributed by atoms with Gasteiger partial charge in [-0.1, -0.05) is 27.5 Å². The molecule has 2 nitrogen and oxygen atoms in total. The Hall–Kier alpha value is -0.540. The van der Waals surface area contributed by atoms with E-state index in [-0.39, 0.29) is 5.91 Å². The zero-order valence-electron chi connectivity index (χ0n) is 9.04. The van der Waals surface area contributed by atoms with Crippen LogP contribution in [-0.4, -0.2) is 28.7 Å². The van der Waals surface area contributed by atoms with Gasteiger partial charge in [0.05, 0.1) is 0 Å². The van der Waals surface area contributed by atoms with E-state index in [0.29, 0.717) is 15.4 Å². The maximum absolute atomic E-state index is 12.1. The van der Waals surface area contributed by atoms with E-state index in [1.807, 2.05) is 24.0 Å². The summed E-state index contributed by atoms with van der Waals surface area (Å²) < 4.78 is 0. The molecular formula is C12H13BrClNO. The number of hydrogen-bond donors (Lipinski definition) is 0. The second-order valence-electron chi connectivity index (χ2n) is 4.15. The van der Waals surface area contributed by atoms with E-state index in [4.69, 9.17) is 11.6 Å². The van der Waals surface area contributed by atoms with Crippen molar-refractivity contribution in [2.24, 2.45) is 0 Å². The lowest BCUT2D eigenvalue weighted by atomic mass is 10.1. The van der Waals surface area contributed by atoms with Gasteiger partial charge in [0.1, 0.15) is 0 Å². The van der Waals surface area contributed by atoms with E-state index in [1.165, 1.54) is 0 Å². The number of likely N-dealkylation sites (tertiary alicyclic amines) is 1. The van der Waals surface area contributed by atoms with Crippen LogP contribution in [0.1, 0.15) is 22.3 Å². The van der Waals surface area contributed by atoms with Crippen LogP contribution in [0.4, 0.5) is 0 Å². The molecule has 1 atom stereocenters. The summed E-state index contributed by atoms with van der Waals surface area (Å²) in [7, 11) is 0. The summed E-state index contributed by atoms with van der Waals surface area (Å²) in [6, 6.07) is 5.48. The Bertz CT molecular complexity index is 401. The molecular weight excluding hydrogens is 289 g/mol. The molecule has 0 saturated carbocycles. The number of nitrogens with zero attached hydrogens (tertiary/aromatic N) is 1. The van der Waals surface area contributed by atoms with Gasteiger partial charge >= 0.3 is 0 Å². The molecule has 86 valence electrons. The fourth-order valence-corrected chi connectivity index (χ4v) is 2.79. The van der Waals surface area contributed by atoms with Crippen molar-refractivity contribution >= 4 is 33.4 Å². The third kappa shape index (κ3) is 2.58. The molecule has 4 heteroatoms. The average Bonchev–Trinajstić information content (AvgIpc) is 2.62. The first kappa shape index (κ1) is 11.9. The van der Waals surface area contributed by atoms with E-state index >= 15 is 0 Å². The summed E-state index contributed by atoms with van der Waals surface area (Å²) in [5.74, 6) is 0.0764. The van der Waals surface area contributed by atoms with Crippen molar-refractivity contribution in [3.8, 4) is 0 Å². The molecule has 1 fully saturated rings. The highest BCUT2D eigenvalue weighted by molar-refractivity contribution is 9.09. The molecule has 0 bridgehead atoms. The molecule has 0 aromatic heterocycles. The predicted molar refractivity (Wildman–Crippen MR) is 69.4 cm³/mol. The summed E-state index contributed by atoms with van der Waals surface area (Å²) in [5, 5.41) is 0.623. The second-order valence-corrected chi connectivity index (χ2v) is 5.89. The Morgan fingerprint density at radius 2 is 2.25 bits per heavy atom. The molecule has 1 unspecified atom stereocenters. The molecule has 1 saturated heterocycles. The van der Waals surface area contributed by atoms with Crippen molar-refractivity contribution in [3.05, 3.63) is 34.3 Å². The van der Waals surface area contributed by atoms with Crippen molar-refractivity contribution in [3.63, 3.8) is 0 Å². The van der Waals surface area contributed by atoms with Crippen molar-refractivity contribution in [1.82, 2.24) is 4.90 Å². The number of alkyl halides is 1. The van der Waals surface area contributed by atoms with Crippen molar-refractivity contribution < 1.29 is 4.79 Å². The van der Waals surface area contributed by atoms with Crippen LogP contribution < -0.4 is 0 Å². The number of carbonyl (C=O) groups is 1. The molecule has 0 aliphatic carbocycles. The summed E-state index contributed by atoms with van der Waals surface area (Å²) in [6.45, 7) is 3.55. The van der Waals surface area contributed by atoms with Crippen LogP contribution >= 0.6 is 27.5 Å². The highest BCUT2D eigenvalue weighted by atomic mass is 79.9. The van der Waals surface area contributed by atoms with Crippen LogP contribution in [0.15, 0.2) is 18.2 Å². The van der Waals surface area contributed by atoms with Gasteiger partial charge in [0, 0.05) is 28.5 Å². The van der Waals surface area contributed by atoms with E-state index in [0.717, 1.165) is 25.1 Å². The van der Waals surface area contributed by atoms with Gasteiger partial charge in [0.15, 0.2) is 0 Å². The smallest absolute Gasteiger partial charge is 0.253 e. The standard InChI is InChI=1S/C12H13BrClNO/c1-8-4-9(6-11(14)5-8)12(16)15-3-2-10(13)7-15/h4-6,10H,2-3,7H2,1H3. The van der Waals surface area contributed by atoms with E-state index in [1.54, 1.807) is 6.07 Å². The SMILES string of the molecule is Cc1cc(Cl)cc(C(=O)N2CCC(Br)C2)c1. The maximum atomic E-state index is 12.1. The third-order valence-electron chi connectivity index (χ3n) is 2.71. The van der Waals surface area contributed by atoms with Crippen LogP contribution in [-0.2, 0) is 0 Å². The van der Waals surface area contributed by atoms with Gasteiger partial charge in [-0.2, -0.15) is 0 Å². The van der Waals surface area contributed by atoms with Gasteiger partial charge in [0.2, 0.25) is 0 Å². The Balaban J connectivity index is 2.20. The van der Waals surface area contributed by atoms with Crippen molar-refractivity contribution in [2.45, 2.75) is 18.2 Å². The van der Waals surface area contributed by atoms with Crippen LogP contribution in [0.2, 0.25) is 5.02 Å². The van der Waals surface area contributed by atoms with Crippen LogP contribution in [0.3, 0.4) is 0 Å². The lowest BCUT2D eigenvalue weighted by Gasteiger charge is -2.16. The predicted octanol–water partition coefficient (Wildman–Crippen LogP) is 3.26. The van der Waals surface area contributed by atoms with E-state index in [9.17, 15) is 4.79 Å². The van der Waals surface area contributed by atoms with E-state index < -0.39 is 0 Å². The lowest BCUT2D eigenvalue weighted by molar-refractivity contribution is 0.0793. The number of aryl methyl sites for hydroxylation is 1. The molecule has 2 rings (SSSR count). The zero-order chi connectivity index (χ0) is 11.7. The Morgan fingerprint density at radius 1 is 1.50 bits per heavy atom. The largest absolute Gasteiger partial charge is 0.337 e. The van der Waals surface area contributed by atoms with Gasteiger partial charge in [-0.05, 0) is 37.1 Å². The Morgan fingerprint density at radius 3 is 2.81 bits per heavy atom. The van der Waals surface area contributed by atoms with Crippen LogP contribution in [0, 0.1) is 6.92 Å². The number of rotatable bonds is 1. The maximum Gasteiger partial charge on any atom is 0.253 e. The number of hydrogen-bond acceptors (Lipinski definition) is 1. The summed E-state index contributed by atoms with van der Waals surface area (Å²) in [6.07, 6.45) is 1.02. The molecule has 0 spiro atoms. The molecule has 1 aromatic carbocycles. The highest BCUT2D eigenvalue weighted by Crippen LogP contribution is 2.21. The fraction of sp³-hybridized carbons (Fsp3) is 0.417. The number of amides is 1. The molecule has 0 N–H and O–H groups in total. The molecule has 1 heterocycles. The summed E-state index contributed by atoms with van der Waals surface area (Å²) >= 11 is 9.48. The van der Waals surface area contributed by atoms with Gasteiger partial charge in [-0.25, -0.2) is 0 Å². The molecule has 1 aliphatic heterocycles. The number of benzene rings is 1. The summed E-state index contributed by atoms with van der Waals surface area (Å²) in [4.78, 5) is 14.4. The topological polar surface area (TPSA) is 20.3 Å². The first-order valence-electron chi connectivity index (χ1n) is 5.27. The highest BCUT2D eigenvalue weighted by Gasteiger charge is 2.25. The minimum absolute atomic E-state index is 0.0764. The van der Waals surface area contributed by atoms with Crippen molar-refractivity contribution in [2.75, 3.05) is 13.1 Å². The monoisotopic (exact) mass is 301 g/mol. The zero-order valence-corrected chi connectivity index (χ0v) is 11.4. The Labute approximate surface area is 109 Å². The van der Waals surface area contributed by atoms with Gasteiger partial charge in [0.25, 0.3) is 5.91 Å². The minimum atomic E-state index is 0.0764. The minimum Gasteiger partial charge on any atom is -0.337 e. The average molecular weight is 303 g/mol. The second kappa shape index (κ2) is 4.76. The molecule has 1 aliphatic rings. The summed E-state index contributed by atoms with van der Waals surface area (Å²) in [5.41, 5.74) is 1.71. The number of carbonyl (C=O) groups excluding carboxylic acids is 1. The normalized spacial score (nSPS) is 20.2. The quantitative estimate of drug-likeness (QED) is 0.729. The van der Waals surface area contributed by atoms with Crippen LogP contribution in [0.25, 0.3) is 0 Å². The first-order chi connectivity index (χ1) is 7.56. The van der Waals surface area contributed by atoms with E-state index in [2.05, 4.69) is 15.9 Å². The van der Waals surface area contributed by atoms with Gasteiger partial charge in [-0.3, -0.25) is 4.79 Å². The lowest BCUT2D eigenvalue weighted by Crippen LogP contribution is -2.28. The Kier molecular flexibility index (Phi) is 3.55. The van der Waals surface area contributed by atoms with Crippen LogP contribution in [0.5, 0.6) is 0 Å². The molecule has 16 heavy (non-hydrogen) atoms. The third-order valence-corrected chi connectivity index (χ3v) is 3.67. The van der Waals surface area contributed by atoms with Crippen molar-refractivity contribution in [1.29, 1.82) is 0 Å². The number of halogens is 2. The molecule has 0 radical (unpaired) electrons. The fourth-order valence-electron chi connectivity index (χ4n) is 1.94. The molecule has 1 amide bonds. The molecule has 1 aromatic rings.